The second kappa shape index (κ2) is 17.5. The first kappa shape index (κ1) is 29.9. The number of unbranched alkanes of at least 4 members (excludes halogenated alkanes) is 6. The van der Waals surface area contributed by atoms with Crippen molar-refractivity contribution in [3.63, 3.8) is 0 Å². The van der Waals surface area contributed by atoms with Gasteiger partial charge in [-0.05, 0) is 6.42 Å². The van der Waals surface area contributed by atoms with Gasteiger partial charge in [0.15, 0.2) is 5.25 Å². The predicted octanol–water partition coefficient (Wildman–Crippen LogP) is 0.714. The van der Waals surface area contributed by atoms with Crippen molar-refractivity contribution in [2.45, 2.75) is 63.5 Å². The third kappa shape index (κ3) is 17.3. The van der Waals surface area contributed by atoms with Crippen LogP contribution in [-0.4, -0.2) is 145 Å². The molecule has 7 nitrogen and oxygen atoms in total. The SMILES string of the molecule is CCCCCCCCCOC(=O)C(CC(=O)O)S(=O)(=O)O.[KH].[KH]. The van der Waals surface area contributed by atoms with Crippen LogP contribution in [0.15, 0.2) is 0 Å². The molecule has 1 unspecified atom stereocenters. The molecule has 0 saturated heterocycles. The van der Waals surface area contributed by atoms with E-state index in [1.54, 1.807) is 0 Å². The van der Waals surface area contributed by atoms with Crippen LogP contribution in [0.25, 0.3) is 0 Å². The number of carboxylic acid groups (broad SMARTS) is 1. The van der Waals surface area contributed by atoms with E-state index in [1.165, 1.54) is 12.8 Å². The zero-order chi connectivity index (χ0) is 16.3. The molecule has 128 valence electrons. The summed E-state index contributed by atoms with van der Waals surface area (Å²) in [6.45, 7) is 2.15. The van der Waals surface area contributed by atoms with Crippen molar-refractivity contribution in [1.82, 2.24) is 0 Å². The van der Waals surface area contributed by atoms with Crippen LogP contribution in [-0.2, 0) is 24.4 Å². The number of hydrogen-bond acceptors (Lipinski definition) is 5. The average molecular weight is 405 g/mol. The van der Waals surface area contributed by atoms with Gasteiger partial charge in [-0.2, -0.15) is 8.42 Å². The maximum atomic E-state index is 11.5. The van der Waals surface area contributed by atoms with Gasteiger partial charge in [0.05, 0.1) is 13.0 Å². The number of ether oxygens (including phenoxy) is 1. The molecule has 2 N–H and O–H groups in total. The molecular weight excluding hydrogens is 378 g/mol. The molecule has 0 radical (unpaired) electrons. The minimum atomic E-state index is -4.77. The first-order valence-electron chi connectivity index (χ1n) is 7.13. The quantitative estimate of drug-likeness (QED) is 0.213. The maximum absolute atomic E-state index is 11.5. The van der Waals surface area contributed by atoms with Gasteiger partial charge in [0.1, 0.15) is 0 Å². The molecule has 0 amide bonds. The molecule has 0 bridgehead atoms. The summed E-state index contributed by atoms with van der Waals surface area (Å²) in [5.41, 5.74) is 0. The topological polar surface area (TPSA) is 118 Å². The van der Waals surface area contributed by atoms with Gasteiger partial charge >= 0.3 is 115 Å². The third-order valence-electron chi connectivity index (χ3n) is 2.97. The fourth-order valence-electron chi connectivity index (χ4n) is 1.79. The van der Waals surface area contributed by atoms with Gasteiger partial charge in [-0.1, -0.05) is 45.4 Å². The molecule has 0 heterocycles. The molecule has 0 aromatic carbocycles. The van der Waals surface area contributed by atoms with Crippen LogP contribution in [0.5, 0.6) is 0 Å². The number of carbonyl (C=O) groups is 2. The Bertz CT molecular complexity index is 426. The molecule has 0 aliphatic carbocycles. The van der Waals surface area contributed by atoms with Gasteiger partial charge in [-0.3, -0.25) is 14.1 Å². The molecule has 0 aromatic heterocycles. The van der Waals surface area contributed by atoms with Crippen molar-refractivity contribution in [2.75, 3.05) is 6.61 Å². The fraction of sp³-hybridized carbons (Fsp3) is 0.846. The van der Waals surface area contributed by atoms with E-state index in [2.05, 4.69) is 6.92 Å². The predicted molar refractivity (Wildman–Crippen MR) is 90.8 cm³/mol. The van der Waals surface area contributed by atoms with Crippen LogP contribution < -0.4 is 0 Å². The van der Waals surface area contributed by atoms with Crippen molar-refractivity contribution >= 4 is 125 Å². The van der Waals surface area contributed by atoms with Crippen molar-refractivity contribution in [1.29, 1.82) is 0 Å². The number of carboxylic acids is 1. The van der Waals surface area contributed by atoms with Crippen LogP contribution in [0.4, 0.5) is 0 Å². The number of hydrogen-bond donors (Lipinski definition) is 2. The van der Waals surface area contributed by atoms with Crippen molar-refractivity contribution in [3.05, 3.63) is 0 Å². The molecular formula is C13H26K2O7S. The van der Waals surface area contributed by atoms with Gasteiger partial charge in [0.25, 0.3) is 10.1 Å². The summed E-state index contributed by atoms with van der Waals surface area (Å²) in [6.07, 6.45) is 6.07. The molecule has 0 aromatic rings. The molecule has 0 spiro atoms. The summed E-state index contributed by atoms with van der Waals surface area (Å²) in [5.74, 6) is -2.71. The average Bonchev–Trinajstić information content (AvgIpc) is 2.37. The summed E-state index contributed by atoms with van der Waals surface area (Å²) in [4.78, 5) is 22.0. The van der Waals surface area contributed by atoms with Gasteiger partial charge in [-0.15, -0.1) is 0 Å². The molecule has 1 atom stereocenters. The van der Waals surface area contributed by atoms with Crippen molar-refractivity contribution in [3.8, 4) is 0 Å². The Hall–Kier alpha value is 2.12. The molecule has 23 heavy (non-hydrogen) atoms. The Labute approximate surface area is 223 Å². The first-order chi connectivity index (χ1) is 9.79. The monoisotopic (exact) mass is 404 g/mol. The summed E-state index contributed by atoms with van der Waals surface area (Å²) < 4.78 is 35.4. The fourth-order valence-corrected chi connectivity index (χ4v) is 2.46. The Morgan fingerprint density at radius 2 is 1.48 bits per heavy atom. The Balaban J connectivity index is -0.00000200. The molecule has 0 aliphatic heterocycles. The zero-order valence-corrected chi connectivity index (χ0v) is 13.1. The van der Waals surface area contributed by atoms with Crippen LogP contribution >= 0.6 is 0 Å². The standard InChI is InChI=1S/C13H24O7S.2K.2H/c1-2-3-4-5-6-7-8-9-20-13(16)11(10-12(14)15)21(17,18)19;;;;/h11H,2-10H2,1H3,(H,14,15)(H,17,18,19);;;;. The number of rotatable bonds is 12. The second-order valence-corrected chi connectivity index (χ2v) is 6.49. The summed E-state index contributed by atoms with van der Waals surface area (Å²) in [6, 6.07) is 0. The number of aliphatic carboxylic acids is 1. The van der Waals surface area contributed by atoms with Crippen LogP contribution in [0.1, 0.15) is 58.3 Å². The van der Waals surface area contributed by atoms with Gasteiger partial charge in [0, 0.05) is 0 Å². The van der Waals surface area contributed by atoms with Crippen LogP contribution in [0.2, 0.25) is 0 Å². The Morgan fingerprint density at radius 1 is 1.00 bits per heavy atom. The van der Waals surface area contributed by atoms with E-state index in [0.29, 0.717) is 6.42 Å². The summed E-state index contributed by atoms with van der Waals surface area (Å²) in [7, 11) is -4.77. The van der Waals surface area contributed by atoms with Crippen LogP contribution in [0, 0.1) is 0 Å². The summed E-state index contributed by atoms with van der Waals surface area (Å²) in [5, 5.41) is 6.47. The van der Waals surface area contributed by atoms with E-state index in [-0.39, 0.29) is 109 Å². The van der Waals surface area contributed by atoms with E-state index in [1.807, 2.05) is 0 Å². The molecule has 0 saturated carbocycles. The Morgan fingerprint density at radius 3 is 1.91 bits per heavy atom. The molecule has 0 rings (SSSR count). The van der Waals surface area contributed by atoms with E-state index < -0.39 is 33.7 Å². The zero-order valence-electron chi connectivity index (χ0n) is 12.3. The number of carbonyl (C=O) groups excluding carboxylic acids is 1. The third-order valence-corrected chi connectivity index (χ3v) is 4.05. The Kier molecular flexibility index (Phi) is 22.8. The second-order valence-electron chi connectivity index (χ2n) is 4.89. The normalized spacial score (nSPS) is 11.7. The van der Waals surface area contributed by atoms with Crippen LogP contribution in [0.3, 0.4) is 0 Å². The van der Waals surface area contributed by atoms with Gasteiger partial charge in [0.2, 0.25) is 0 Å². The van der Waals surface area contributed by atoms with Gasteiger partial charge in [-0.25, -0.2) is 0 Å². The molecule has 10 heteroatoms. The van der Waals surface area contributed by atoms with Crippen molar-refractivity contribution in [2.24, 2.45) is 0 Å². The molecule has 0 aliphatic rings. The minimum absolute atomic E-state index is 0. The van der Waals surface area contributed by atoms with E-state index in [9.17, 15) is 18.0 Å². The van der Waals surface area contributed by atoms with E-state index in [0.717, 1.165) is 25.7 Å². The summed E-state index contributed by atoms with van der Waals surface area (Å²) >= 11 is 0. The van der Waals surface area contributed by atoms with E-state index >= 15 is 0 Å². The molecule has 0 fully saturated rings. The number of esters is 1. The first-order valence-corrected chi connectivity index (χ1v) is 8.64. The van der Waals surface area contributed by atoms with Gasteiger partial charge < -0.3 is 9.84 Å². The van der Waals surface area contributed by atoms with E-state index in [4.69, 9.17) is 14.4 Å². The van der Waals surface area contributed by atoms with Crippen molar-refractivity contribution < 1.29 is 32.4 Å².